The molecule has 6 nitrogen and oxygen atoms in total. The second-order valence-electron chi connectivity index (χ2n) is 7.27. The molecule has 0 radical (unpaired) electrons. The van der Waals surface area contributed by atoms with Crippen molar-refractivity contribution >= 4 is 10.0 Å². The first-order valence-corrected chi connectivity index (χ1v) is 10.7. The van der Waals surface area contributed by atoms with Gasteiger partial charge in [0.2, 0.25) is 10.0 Å². The summed E-state index contributed by atoms with van der Waals surface area (Å²) in [5, 5.41) is 19.5. The lowest BCUT2D eigenvalue weighted by molar-refractivity contribution is 0.116. The second kappa shape index (κ2) is 9.80. The maximum atomic E-state index is 13.1. The van der Waals surface area contributed by atoms with Crippen molar-refractivity contribution in [3.63, 3.8) is 0 Å². The fourth-order valence-corrected chi connectivity index (χ4v) is 4.52. The summed E-state index contributed by atoms with van der Waals surface area (Å²) in [7, 11) is -3.81. The molecule has 0 aromatic heterocycles. The molecule has 2 rings (SSSR count). The minimum absolute atomic E-state index is 0.0747. The molecule has 28 heavy (non-hydrogen) atoms. The summed E-state index contributed by atoms with van der Waals surface area (Å²) in [6.45, 7) is 4.00. The summed E-state index contributed by atoms with van der Waals surface area (Å²) in [6, 6.07) is 16.7. The van der Waals surface area contributed by atoms with Crippen LogP contribution in [0.3, 0.4) is 0 Å². The van der Waals surface area contributed by atoms with E-state index < -0.39 is 22.2 Å². The molecule has 0 bridgehead atoms. The van der Waals surface area contributed by atoms with Crippen LogP contribution in [0.1, 0.15) is 25.0 Å². The van der Waals surface area contributed by atoms with E-state index in [1.165, 1.54) is 28.6 Å². The van der Waals surface area contributed by atoms with Crippen molar-refractivity contribution in [3.8, 4) is 6.07 Å². The summed E-state index contributed by atoms with van der Waals surface area (Å²) in [5.74, 6) is 0.0747. The molecule has 150 valence electrons. The zero-order valence-electron chi connectivity index (χ0n) is 16.2. The number of sulfonamides is 1. The Morgan fingerprint density at radius 2 is 1.68 bits per heavy atom. The van der Waals surface area contributed by atoms with Crippen molar-refractivity contribution in [2.45, 2.75) is 37.3 Å². The van der Waals surface area contributed by atoms with E-state index in [1.54, 1.807) is 0 Å². The number of hydrogen-bond donors (Lipinski definition) is 2. The van der Waals surface area contributed by atoms with E-state index in [2.05, 4.69) is 0 Å². The Bertz CT molecular complexity index is 891. The molecule has 0 spiro atoms. The van der Waals surface area contributed by atoms with E-state index >= 15 is 0 Å². The molecule has 0 unspecified atom stereocenters. The van der Waals surface area contributed by atoms with Gasteiger partial charge >= 0.3 is 0 Å². The smallest absolute Gasteiger partial charge is 0.243 e. The van der Waals surface area contributed by atoms with Crippen LogP contribution in [0.15, 0.2) is 59.5 Å². The Hall–Kier alpha value is -2.24. The molecule has 0 saturated heterocycles. The van der Waals surface area contributed by atoms with Crippen molar-refractivity contribution in [2.24, 2.45) is 11.7 Å². The Labute approximate surface area is 167 Å². The van der Waals surface area contributed by atoms with Gasteiger partial charge in [-0.3, -0.25) is 0 Å². The number of aliphatic hydroxyl groups excluding tert-OH is 1. The number of nitriles is 1. The average molecular weight is 402 g/mol. The van der Waals surface area contributed by atoms with Crippen LogP contribution in [0.25, 0.3) is 0 Å². The first kappa shape index (κ1) is 22.1. The Balaban J connectivity index is 2.18. The minimum Gasteiger partial charge on any atom is -0.390 e. The lowest BCUT2D eigenvalue weighted by Crippen LogP contribution is -2.47. The standard InChI is InChI=1S/C21H27N3O3S/c1-16(2)14-24(28(26,27)19-10-8-18(13-22)9-11-19)15-21(25)20(23)12-17-6-4-3-5-7-17/h3-11,16,20-21,25H,12,14-15,23H2,1-2H3/t20-,21+/m0/s1. The van der Waals surface area contributed by atoms with Crippen LogP contribution in [0.2, 0.25) is 0 Å². The highest BCUT2D eigenvalue weighted by Crippen LogP contribution is 2.19. The van der Waals surface area contributed by atoms with Gasteiger partial charge in [-0.15, -0.1) is 0 Å². The van der Waals surface area contributed by atoms with Crippen molar-refractivity contribution in [2.75, 3.05) is 13.1 Å². The molecular formula is C21H27N3O3S. The number of hydrogen-bond acceptors (Lipinski definition) is 5. The molecule has 0 aliphatic heterocycles. The highest BCUT2D eigenvalue weighted by atomic mass is 32.2. The molecule has 0 amide bonds. The number of aliphatic hydroxyl groups is 1. The molecule has 7 heteroatoms. The summed E-state index contributed by atoms with van der Waals surface area (Å²) < 4.78 is 27.4. The normalized spacial score (nSPS) is 14.0. The molecule has 0 saturated carbocycles. The highest BCUT2D eigenvalue weighted by molar-refractivity contribution is 7.89. The fourth-order valence-electron chi connectivity index (χ4n) is 2.89. The minimum atomic E-state index is -3.81. The molecule has 0 aliphatic rings. The van der Waals surface area contributed by atoms with Gasteiger partial charge in [0.15, 0.2) is 0 Å². The topological polar surface area (TPSA) is 107 Å². The third-order valence-electron chi connectivity index (χ3n) is 4.39. The Kier molecular flexibility index (Phi) is 7.72. The van der Waals surface area contributed by atoms with Gasteiger partial charge in [0.1, 0.15) is 0 Å². The van der Waals surface area contributed by atoms with Crippen molar-refractivity contribution in [3.05, 3.63) is 65.7 Å². The van der Waals surface area contributed by atoms with Crippen molar-refractivity contribution in [1.82, 2.24) is 4.31 Å². The third-order valence-corrected chi connectivity index (χ3v) is 6.23. The van der Waals surface area contributed by atoms with E-state index in [1.807, 2.05) is 50.2 Å². The predicted octanol–water partition coefficient (Wildman–Crippen LogP) is 2.14. The Morgan fingerprint density at radius 3 is 2.21 bits per heavy atom. The predicted molar refractivity (Wildman–Crippen MR) is 109 cm³/mol. The van der Waals surface area contributed by atoms with E-state index in [9.17, 15) is 13.5 Å². The van der Waals surface area contributed by atoms with Crippen molar-refractivity contribution < 1.29 is 13.5 Å². The largest absolute Gasteiger partial charge is 0.390 e. The highest BCUT2D eigenvalue weighted by Gasteiger charge is 2.29. The summed E-state index contributed by atoms with van der Waals surface area (Å²) >= 11 is 0. The van der Waals surface area contributed by atoms with E-state index in [4.69, 9.17) is 11.0 Å². The van der Waals surface area contributed by atoms with Gasteiger partial charge in [-0.25, -0.2) is 8.42 Å². The number of rotatable bonds is 9. The number of nitrogens with two attached hydrogens (primary N) is 1. The SMILES string of the molecule is CC(C)CN(C[C@@H](O)[C@@H](N)Cc1ccccc1)S(=O)(=O)c1ccc(C#N)cc1. The summed E-state index contributed by atoms with van der Waals surface area (Å²) in [6.07, 6.45) is -0.554. The molecule has 0 fully saturated rings. The van der Waals surface area contributed by atoms with Crippen LogP contribution in [0, 0.1) is 17.2 Å². The van der Waals surface area contributed by atoms with Crippen LogP contribution < -0.4 is 5.73 Å². The van der Waals surface area contributed by atoms with E-state index in [0.29, 0.717) is 12.0 Å². The average Bonchev–Trinajstić information content (AvgIpc) is 2.67. The molecule has 2 aromatic carbocycles. The van der Waals surface area contributed by atoms with Gasteiger partial charge in [0.25, 0.3) is 0 Å². The van der Waals surface area contributed by atoms with Gasteiger partial charge < -0.3 is 10.8 Å². The monoisotopic (exact) mass is 401 g/mol. The molecule has 3 N–H and O–H groups in total. The lowest BCUT2D eigenvalue weighted by atomic mass is 10.0. The van der Waals surface area contributed by atoms with Crippen LogP contribution in [-0.4, -0.2) is 43.1 Å². The lowest BCUT2D eigenvalue weighted by Gasteiger charge is -2.28. The van der Waals surface area contributed by atoms with Crippen LogP contribution in [-0.2, 0) is 16.4 Å². The Morgan fingerprint density at radius 1 is 1.07 bits per heavy atom. The number of nitrogens with zero attached hydrogens (tertiary/aromatic N) is 2. The number of benzene rings is 2. The van der Waals surface area contributed by atoms with E-state index in [-0.39, 0.29) is 23.9 Å². The molecule has 0 aliphatic carbocycles. The third kappa shape index (κ3) is 5.88. The molecule has 0 heterocycles. The zero-order valence-corrected chi connectivity index (χ0v) is 17.0. The van der Waals surface area contributed by atoms with Crippen LogP contribution in [0.4, 0.5) is 0 Å². The van der Waals surface area contributed by atoms with Crippen LogP contribution >= 0.6 is 0 Å². The van der Waals surface area contributed by atoms with Crippen molar-refractivity contribution in [1.29, 1.82) is 5.26 Å². The van der Waals surface area contributed by atoms with Gasteiger partial charge in [-0.1, -0.05) is 44.2 Å². The molecule has 2 aromatic rings. The first-order chi connectivity index (χ1) is 13.2. The first-order valence-electron chi connectivity index (χ1n) is 9.22. The van der Waals surface area contributed by atoms with Gasteiger partial charge in [0.05, 0.1) is 22.6 Å². The summed E-state index contributed by atoms with van der Waals surface area (Å²) in [5.41, 5.74) is 7.51. The summed E-state index contributed by atoms with van der Waals surface area (Å²) in [4.78, 5) is 0.0935. The van der Waals surface area contributed by atoms with E-state index in [0.717, 1.165) is 5.56 Å². The van der Waals surface area contributed by atoms with Crippen LogP contribution in [0.5, 0.6) is 0 Å². The maximum absolute atomic E-state index is 13.1. The molecule has 2 atom stereocenters. The van der Waals surface area contributed by atoms with Gasteiger partial charge in [0, 0.05) is 19.1 Å². The fraction of sp³-hybridized carbons (Fsp3) is 0.381. The van der Waals surface area contributed by atoms with Gasteiger partial charge in [-0.05, 0) is 42.2 Å². The quantitative estimate of drug-likeness (QED) is 0.669. The zero-order chi connectivity index (χ0) is 20.7. The molecular weight excluding hydrogens is 374 g/mol. The van der Waals surface area contributed by atoms with Gasteiger partial charge in [-0.2, -0.15) is 9.57 Å². The maximum Gasteiger partial charge on any atom is 0.243 e. The second-order valence-corrected chi connectivity index (χ2v) is 9.21.